The van der Waals surface area contributed by atoms with E-state index in [-0.39, 0.29) is 5.90 Å². The highest BCUT2D eigenvalue weighted by Gasteiger charge is 2.01. The topological polar surface area (TPSA) is 47.4 Å². The Morgan fingerprint density at radius 3 is 2.62 bits per heavy atom. The number of hydrogen-bond donors (Lipinski definition) is 1. The van der Waals surface area contributed by atoms with E-state index in [1.165, 1.54) is 0 Å². The molecule has 0 aromatic heterocycles. The van der Waals surface area contributed by atoms with Crippen LogP contribution in [0.3, 0.4) is 0 Å². The van der Waals surface area contributed by atoms with Gasteiger partial charge >= 0.3 is 0 Å². The lowest BCUT2D eigenvalue weighted by Crippen LogP contribution is -2.34. The summed E-state index contributed by atoms with van der Waals surface area (Å²) in [7, 11) is 5.57. The van der Waals surface area contributed by atoms with E-state index in [2.05, 4.69) is 17.0 Å². The van der Waals surface area contributed by atoms with Crippen LogP contribution < -0.4 is 10.4 Å². The van der Waals surface area contributed by atoms with E-state index in [1.54, 1.807) is 6.08 Å². The second-order valence-electron chi connectivity index (χ2n) is 3.68. The third-order valence-corrected chi connectivity index (χ3v) is 1.22. The SMILES string of the molecule is C=CCNCC/C([O-])=N/[N+](C)(C)C. The molecule has 1 N–H and O–H groups in total. The van der Waals surface area contributed by atoms with Gasteiger partial charge in [0.1, 0.15) is 0 Å². The average Bonchev–Trinajstić information content (AvgIpc) is 1.94. The molecule has 4 nitrogen and oxygen atoms in total. The van der Waals surface area contributed by atoms with Crippen LogP contribution in [0.25, 0.3) is 0 Å². The molecule has 13 heavy (non-hydrogen) atoms. The van der Waals surface area contributed by atoms with Crippen LogP contribution in [-0.2, 0) is 0 Å². The fourth-order valence-electron chi connectivity index (χ4n) is 0.784. The molecule has 0 saturated heterocycles. The lowest BCUT2D eigenvalue weighted by atomic mass is 10.4. The third-order valence-electron chi connectivity index (χ3n) is 1.22. The molecular formula is C9H19N3O. The van der Waals surface area contributed by atoms with Crippen molar-refractivity contribution in [1.29, 1.82) is 0 Å². The van der Waals surface area contributed by atoms with Gasteiger partial charge in [-0.25, -0.2) is 4.59 Å². The number of rotatable bonds is 6. The molecule has 0 spiro atoms. The van der Waals surface area contributed by atoms with Crippen LogP contribution in [0.15, 0.2) is 17.8 Å². The molecule has 0 heterocycles. The van der Waals surface area contributed by atoms with E-state index in [0.717, 1.165) is 6.54 Å². The van der Waals surface area contributed by atoms with Crippen LogP contribution in [0.4, 0.5) is 0 Å². The Morgan fingerprint density at radius 2 is 2.15 bits per heavy atom. The molecule has 76 valence electrons. The van der Waals surface area contributed by atoms with Gasteiger partial charge in [-0.2, -0.15) is 0 Å². The second kappa shape index (κ2) is 5.72. The molecule has 0 aliphatic carbocycles. The highest BCUT2D eigenvalue weighted by molar-refractivity contribution is 5.70. The van der Waals surface area contributed by atoms with E-state index in [4.69, 9.17) is 0 Å². The zero-order valence-corrected chi connectivity index (χ0v) is 8.71. The fraction of sp³-hybridized carbons (Fsp3) is 0.667. The highest BCUT2D eigenvalue weighted by Crippen LogP contribution is 1.91. The molecule has 0 bridgehead atoms. The molecule has 0 aromatic carbocycles. The molecule has 0 aromatic rings. The van der Waals surface area contributed by atoms with Crippen molar-refractivity contribution in [2.75, 3.05) is 34.2 Å². The Morgan fingerprint density at radius 1 is 1.54 bits per heavy atom. The maximum Gasteiger partial charge on any atom is 0.0923 e. The Balaban J connectivity index is 3.67. The Kier molecular flexibility index (Phi) is 5.34. The van der Waals surface area contributed by atoms with Gasteiger partial charge in [0.15, 0.2) is 0 Å². The number of quaternary nitrogens is 1. The molecule has 0 radical (unpaired) electrons. The molecule has 0 saturated carbocycles. The fourth-order valence-corrected chi connectivity index (χ4v) is 0.784. The smallest absolute Gasteiger partial charge is 0.0923 e. The van der Waals surface area contributed by atoms with Gasteiger partial charge in [-0.1, -0.05) is 6.08 Å². The van der Waals surface area contributed by atoms with Gasteiger partial charge in [-0.3, -0.25) is 0 Å². The van der Waals surface area contributed by atoms with Crippen LogP contribution >= 0.6 is 0 Å². The van der Waals surface area contributed by atoms with E-state index in [9.17, 15) is 5.11 Å². The minimum Gasteiger partial charge on any atom is -0.858 e. The second-order valence-corrected chi connectivity index (χ2v) is 3.68. The largest absolute Gasteiger partial charge is 0.858 e. The summed E-state index contributed by atoms with van der Waals surface area (Å²) in [5.74, 6) is -0.0657. The summed E-state index contributed by atoms with van der Waals surface area (Å²) in [6.07, 6.45) is 2.21. The maximum absolute atomic E-state index is 11.2. The summed E-state index contributed by atoms with van der Waals surface area (Å²) >= 11 is 0. The minimum atomic E-state index is -0.0657. The molecule has 0 aliphatic rings. The van der Waals surface area contributed by atoms with Crippen LogP contribution in [-0.4, -0.2) is 44.7 Å². The Bertz CT molecular complexity index is 182. The Labute approximate surface area is 80.1 Å². The minimum absolute atomic E-state index is 0.0657. The van der Waals surface area contributed by atoms with Crippen molar-refractivity contribution < 1.29 is 9.70 Å². The van der Waals surface area contributed by atoms with E-state index >= 15 is 0 Å². The molecule has 0 atom stereocenters. The first-order valence-electron chi connectivity index (χ1n) is 4.35. The van der Waals surface area contributed by atoms with Gasteiger partial charge in [0.05, 0.1) is 21.1 Å². The summed E-state index contributed by atoms with van der Waals surface area (Å²) in [6, 6.07) is 0. The number of nitrogens with one attached hydrogen (secondary N) is 1. The van der Waals surface area contributed by atoms with Crippen molar-refractivity contribution >= 4 is 5.90 Å². The van der Waals surface area contributed by atoms with Crippen LogP contribution in [0.2, 0.25) is 0 Å². The first-order chi connectivity index (χ1) is 5.95. The van der Waals surface area contributed by atoms with Crippen molar-refractivity contribution in [2.24, 2.45) is 5.10 Å². The average molecular weight is 185 g/mol. The quantitative estimate of drug-likeness (QED) is 0.152. The summed E-state index contributed by atoms with van der Waals surface area (Å²) in [4.78, 5) is 0. The number of hydrogen-bond acceptors (Lipinski definition) is 3. The summed E-state index contributed by atoms with van der Waals surface area (Å²) in [5, 5.41) is 18.2. The van der Waals surface area contributed by atoms with Crippen LogP contribution in [0.1, 0.15) is 6.42 Å². The Hall–Kier alpha value is -0.870. The first kappa shape index (κ1) is 12.1. The normalized spacial score (nSPS) is 13.0. The lowest BCUT2D eigenvalue weighted by molar-refractivity contribution is -0.878. The lowest BCUT2D eigenvalue weighted by Gasteiger charge is -2.20. The van der Waals surface area contributed by atoms with E-state index in [0.29, 0.717) is 17.6 Å². The van der Waals surface area contributed by atoms with Crippen molar-refractivity contribution in [1.82, 2.24) is 5.32 Å². The number of nitrogens with zero attached hydrogens (tertiary/aromatic N) is 2. The third kappa shape index (κ3) is 9.04. The zero-order valence-electron chi connectivity index (χ0n) is 8.71. The monoisotopic (exact) mass is 185 g/mol. The van der Waals surface area contributed by atoms with Gasteiger partial charge in [-0.05, 0) is 13.0 Å². The van der Waals surface area contributed by atoms with Gasteiger partial charge in [0.2, 0.25) is 0 Å². The zero-order chi connectivity index (χ0) is 10.3. The maximum atomic E-state index is 11.2. The summed E-state index contributed by atoms with van der Waals surface area (Å²) in [5.41, 5.74) is 0. The predicted octanol–water partition coefficient (Wildman–Crippen LogP) is -0.468. The van der Waals surface area contributed by atoms with Gasteiger partial charge in [0.25, 0.3) is 0 Å². The molecule has 0 aliphatic heterocycles. The van der Waals surface area contributed by atoms with Gasteiger partial charge in [-0.15, -0.1) is 11.7 Å². The summed E-state index contributed by atoms with van der Waals surface area (Å²) < 4.78 is 0.334. The van der Waals surface area contributed by atoms with Crippen LogP contribution in [0, 0.1) is 0 Å². The van der Waals surface area contributed by atoms with E-state index < -0.39 is 0 Å². The van der Waals surface area contributed by atoms with Crippen LogP contribution in [0.5, 0.6) is 0 Å². The van der Waals surface area contributed by atoms with E-state index in [1.807, 2.05) is 21.1 Å². The summed E-state index contributed by atoms with van der Waals surface area (Å²) in [6.45, 7) is 4.96. The van der Waals surface area contributed by atoms with Crippen molar-refractivity contribution in [3.8, 4) is 0 Å². The van der Waals surface area contributed by atoms with Gasteiger partial charge < -0.3 is 10.4 Å². The molecule has 0 unspecified atom stereocenters. The standard InChI is InChI=1S/C9H19N3O/c1-5-7-10-8-6-9(13)11-12(2,3)4/h5,10H,1,6-8H2,2-4H3. The molecule has 4 heteroatoms. The predicted molar refractivity (Wildman–Crippen MR) is 53.2 cm³/mol. The van der Waals surface area contributed by atoms with Crippen molar-refractivity contribution in [3.63, 3.8) is 0 Å². The van der Waals surface area contributed by atoms with Crippen molar-refractivity contribution in [2.45, 2.75) is 6.42 Å². The molecule has 0 amide bonds. The van der Waals surface area contributed by atoms with Crippen molar-refractivity contribution in [3.05, 3.63) is 12.7 Å². The molecular weight excluding hydrogens is 166 g/mol. The highest BCUT2D eigenvalue weighted by atomic mass is 16.3. The van der Waals surface area contributed by atoms with Gasteiger partial charge in [0, 0.05) is 12.4 Å². The molecule has 0 fully saturated rings. The molecule has 0 rings (SSSR count). The first-order valence-corrected chi connectivity index (χ1v) is 4.35.